The number of carbonyl (C=O) groups is 2. The SMILES string of the molecule is C/C=C/C(C)C1OC(=O)C(C)C(=O)C1C. The van der Waals surface area contributed by atoms with E-state index >= 15 is 0 Å². The third kappa shape index (κ3) is 2.28. The molecule has 0 spiro atoms. The summed E-state index contributed by atoms with van der Waals surface area (Å²) >= 11 is 0. The third-order valence-corrected chi connectivity index (χ3v) is 2.99. The van der Waals surface area contributed by atoms with Gasteiger partial charge in [-0.25, -0.2) is 0 Å². The Bertz CT molecular complexity index is 293. The second kappa shape index (κ2) is 4.60. The van der Waals surface area contributed by atoms with E-state index in [9.17, 15) is 9.59 Å². The molecule has 1 rings (SSSR count). The molecule has 1 aliphatic heterocycles. The van der Waals surface area contributed by atoms with Gasteiger partial charge in [-0.3, -0.25) is 9.59 Å². The van der Waals surface area contributed by atoms with Gasteiger partial charge in [0.15, 0.2) is 5.78 Å². The first-order valence-corrected chi connectivity index (χ1v) is 5.36. The molecule has 3 nitrogen and oxygen atoms in total. The van der Waals surface area contributed by atoms with Crippen molar-refractivity contribution in [1.82, 2.24) is 0 Å². The van der Waals surface area contributed by atoms with Crippen LogP contribution in [0.3, 0.4) is 0 Å². The highest BCUT2D eigenvalue weighted by Gasteiger charge is 2.41. The van der Waals surface area contributed by atoms with E-state index in [0.717, 1.165) is 0 Å². The normalized spacial score (nSPS) is 34.3. The van der Waals surface area contributed by atoms with Crippen LogP contribution in [-0.4, -0.2) is 17.9 Å². The second-order valence-electron chi connectivity index (χ2n) is 4.20. The summed E-state index contributed by atoms with van der Waals surface area (Å²) in [6.45, 7) is 7.31. The summed E-state index contributed by atoms with van der Waals surface area (Å²) in [7, 11) is 0. The van der Waals surface area contributed by atoms with Crippen molar-refractivity contribution in [2.75, 3.05) is 0 Å². The first kappa shape index (κ1) is 12.0. The predicted molar refractivity (Wildman–Crippen MR) is 57.2 cm³/mol. The van der Waals surface area contributed by atoms with E-state index in [2.05, 4.69) is 0 Å². The van der Waals surface area contributed by atoms with Gasteiger partial charge in [0.1, 0.15) is 12.0 Å². The van der Waals surface area contributed by atoms with Gasteiger partial charge in [-0.05, 0) is 13.8 Å². The maximum Gasteiger partial charge on any atom is 0.316 e. The quantitative estimate of drug-likeness (QED) is 0.397. The lowest BCUT2D eigenvalue weighted by Gasteiger charge is -2.33. The first-order valence-electron chi connectivity index (χ1n) is 5.36. The molecular formula is C12H18O3. The number of cyclic esters (lactones) is 1. The van der Waals surface area contributed by atoms with Gasteiger partial charge in [-0.1, -0.05) is 26.0 Å². The molecule has 0 amide bonds. The molecule has 1 heterocycles. The average molecular weight is 210 g/mol. The summed E-state index contributed by atoms with van der Waals surface area (Å²) in [4.78, 5) is 23.1. The van der Waals surface area contributed by atoms with E-state index in [1.54, 1.807) is 6.92 Å². The maximum absolute atomic E-state index is 11.7. The number of rotatable bonds is 2. The van der Waals surface area contributed by atoms with Crippen LogP contribution in [0.4, 0.5) is 0 Å². The molecular weight excluding hydrogens is 192 g/mol. The molecule has 0 radical (unpaired) electrons. The van der Waals surface area contributed by atoms with Crippen LogP contribution in [-0.2, 0) is 14.3 Å². The zero-order chi connectivity index (χ0) is 11.6. The van der Waals surface area contributed by atoms with Crippen molar-refractivity contribution in [3.8, 4) is 0 Å². The van der Waals surface area contributed by atoms with Crippen LogP contribution in [0.15, 0.2) is 12.2 Å². The number of ether oxygens (including phenoxy) is 1. The van der Waals surface area contributed by atoms with Gasteiger partial charge >= 0.3 is 5.97 Å². The minimum atomic E-state index is -0.603. The van der Waals surface area contributed by atoms with Crippen LogP contribution in [0.1, 0.15) is 27.7 Å². The molecule has 4 atom stereocenters. The van der Waals surface area contributed by atoms with Crippen LogP contribution in [0, 0.1) is 17.8 Å². The number of hydrogen-bond donors (Lipinski definition) is 0. The predicted octanol–water partition coefficient (Wildman–Crippen LogP) is 1.97. The highest BCUT2D eigenvalue weighted by molar-refractivity contribution is 6.01. The third-order valence-electron chi connectivity index (χ3n) is 2.99. The smallest absolute Gasteiger partial charge is 0.316 e. The number of carbonyl (C=O) groups excluding carboxylic acids is 2. The Morgan fingerprint density at radius 3 is 2.47 bits per heavy atom. The van der Waals surface area contributed by atoms with Crippen LogP contribution < -0.4 is 0 Å². The van der Waals surface area contributed by atoms with Crippen molar-refractivity contribution in [2.45, 2.75) is 33.8 Å². The lowest BCUT2D eigenvalue weighted by molar-refractivity contribution is -0.171. The lowest BCUT2D eigenvalue weighted by atomic mass is 9.83. The van der Waals surface area contributed by atoms with E-state index < -0.39 is 5.92 Å². The summed E-state index contributed by atoms with van der Waals surface area (Å²) in [5, 5.41) is 0. The topological polar surface area (TPSA) is 43.4 Å². The molecule has 1 aliphatic rings. The number of hydrogen-bond acceptors (Lipinski definition) is 3. The van der Waals surface area contributed by atoms with Gasteiger partial charge in [-0.15, -0.1) is 0 Å². The summed E-state index contributed by atoms with van der Waals surface area (Å²) in [6, 6.07) is 0. The van der Waals surface area contributed by atoms with Gasteiger partial charge in [-0.2, -0.15) is 0 Å². The fourth-order valence-corrected chi connectivity index (χ4v) is 1.99. The molecule has 15 heavy (non-hydrogen) atoms. The van der Waals surface area contributed by atoms with Crippen molar-refractivity contribution in [1.29, 1.82) is 0 Å². The first-order chi connectivity index (χ1) is 6.99. The van der Waals surface area contributed by atoms with Gasteiger partial charge in [0, 0.05) is 5.92 Å². The summed E-state index contributed by atoms with van der Waals surface area (Å²) in [5.41, 5.74) is 0. The van der Waals surface area contributed by atoms with Gasteiger partial charge in [0.2, 0.25) is 0 Å². The van der Waals surface area contributed by atoms with Crippen molar-refractivity contribution in [2.24, 2.45) is 17.8 Å². The molecule has 0 aromatic carbocycles. The number of esters is 1. The van der Waals surface area contributed by atoms with E-state index in [1.165, 1.54) is 0 Å². The zero-order valence-electron chi connectivity index (χ0n) is 9.69. The molecule has 0 aromatic heterocycles. The Balaban J connectivity index is 2.83. The molecule has 4 unspecified atom stereocenters. The van der Waals surface area contributed by atoms with Gasteiger partial charge in [0.05, 0.1) is 5.92 Å². The highest BCUT2D eigenvalue weighted by atomic mass is 16.5. The Morgan fingerprint density at radius 2 is 1.93 bits per heavy atom. The molecule has 0 aliphatic carbocycles. The number of Topliss-reactive ketones (excluding diaryl/α,β-unsaturated/α-hetero) is 1. The van der Waals surface area contributed by atoms with E-state index in [1.807, 2.05) is 32.9 Å². The van der Waals surface area contributed by atoms with Gasteiger partial charge < -0.3 is 4.74 Å². The largest absolute Gasteiger partial charge is 0.460 e. The Morgan fingerprint density at radius 1 is 1.33 bits per heavy atom. The molecule has 0 N–H and O–H groups in total. The molecule has 0 aromatic rings. The summed E-state index contributed by atoms with van der Waals surface area (Å²) in [5.74, 6) is -1.12. The van der Waals surface area contributed by atoms with E-state index in [-0.39, 0.29) is 29.7 Å². The zero-order valence-corrected chi connectivity index (χ0v) is 9.69. The maximum atomic E-state index is 11.7. The minimum Gasteiger partial charge on any atom is -0.460 e. The van der Waals surface area contributed by atoms with Crippen LogP contribution in [0.5, 0.6) is 0 Å². The fourth-order valence-electron chi connectivity index (χ4n) is 1.99. The highest BCUT2D eigenvalue weighted by Crippen LogP contribution is 2.27. The second-order valence-corrected chi connectivity index (χ2v) is 4.20. The Labute approximate surface area is 90.5 Å². The Hall–Kier alpha value is -1.12. The summed E-state index contributed by atoms with van der Waals surface area (Å²) < 4.78 is 5.28. The summed E-state index contributed by atoms with van der Waals surface area (Å²) in [6.07, 6.45) is 3.56. The lowest BCUT2D eigenvalue weighted by Crippen LogP contribution is -2.46. The van der Waals surface area contributed by atoms with Crippen molar-refractivity contribution in [3.05, 3.63) is 12.2 Å². The molecule has 1 fully saturated rings. The number of ketones is 1. The molecule has 0 saturated carbocycles. The van der Waals surface area contributed by atoms with Crippen molar-refractivity contribution < 1.29 is 14.3 Å². The molecule has 84 valence electrons. The van der Waals surface area contributed by atoms with E-state index in [4.69, 9.17) is 4.74 Å². The number of allylic oxidation sites excluding steroid dienone is 1. The molecule has 1 saturated heterocycles. The van der Waals surface area contributed by atoms with Crippen LogP contribution >= 0.6 is 0 Å². The standard InChI is InChI=1S/C12H18O3/c1-5-6-7(2)11-8(3)10(13)9(4)12(14)15-11/h5-9,11H,1-4H3/b6-5+. The minimum absolute atomic E-state index is 0.00685. The van der Waals surface area contributed by atoms with E-state index in [0.29, 0.717) is 0 Å². The average Bonchev–Trinajstić information content (AvgIpc) is 2.20. The molecule has 0 bridgehead atoms. The van der Waals surface area contributed by atoms with Crippen LogP contribution in [0.2, 0.25) is 0 Å². The van der Waals surface area contributed by atoms with Gasteiger partial charge in [0.25, 0.3) is 0 Å². The molecule has 3 heteroatoms. The van der Waals surface area contributed by atoms with Crippen molar-refractivity contribution >= 4 is 11.8 Å². The Kier molecular flexibility index (Phi) is 3.66. The monoisotopic (exact) mass is 210 g/mol. The fraction of sp³-hybridized carbons (Fsp3) is 0.667. The van der Waals surface area contributed by atoms with Crippen LogP contribution in [0.25, 0.3) is 0 Å². The van der Waals surface area contributed by atoms with Crippen molar-refractivity contribution in [3.63, 3.8) is 0 Å².